The van der Waals surface area contributed by atoms with Gasteiger partial charge in [0.15, 0.2) is 0 Å². The van der Waals surface area contributed by atoms with E-state index in [4.69, 9.17) is 0 Å². The van der Waals surface area contributed by atoms with Crippen LogP contribution in [0.15, 0.2) is 18.2 Å². The maximum Gasteiger partial charge on any atom is 0.0716 e. The summed E-state index contributed by atoms with van der Waals surface area (Å²) in [7, 11) is 2.17. The van der Waals surface area contributed by atoms with Crippen molar-refractivity contribution in [3.8, 4) is 11.8 Å². The Morgan fingerprint density at radius 1 is 1.33 bits per heavy atom. The summed E-state index contributed by atoms with van der Waals surface area (Å²) in [6.45, 7) is 2.28. The minimum atomic E-state index is 0.456. The van der Waals surface area contributed by atoms with E-state index >= 15 is 0 Å². The number of hydrogen-bond donors (Lipinski definition) is 1. The molecule has 2 heterocycles. The second-order valence-electron chi connectivity index (χ2n) is 5.27. The molecule has 0 radical (unpaired) electrons. The number of hydrogen-bond acceptors (Lipinski definition) is 2. The number of nitrogens with zero attached hydrogens (tertiary/aromatic N) is 1. The Morgan fingerprint density at radius 3 is 3.11 bits per heavy atom. The van der Waals surface area contributed by atoms with Crippen LogP contribution in [0.3, 0.4) is 0 Å². The van der Waals surface area contributed by atoms with Crippen LogP contribution >= 0.6 is 0 Å². The zero-order valence-electron chi connectivity index (χ0n) is 11.0. The van der Waals surface area contributed by atoms with Crippen molar-refractivity contribution in [1.82, 2.24) is 4.90 Å². The topological polar surface area (TPSA) is 15.3 Å². The molecule has 0 bridgehead atoms. The van der Waals surface area contributed by atoms with Crippen molar-refractivity contribution < 1.29 is 0 Å². The van der Waals surface area contributed by atoms with Gasteiger partial charge in [-0.15, -0.1) is 0 Å². The zero-order valence-corrected chi connectivity index (χ0v) is 11.0. The van der Waals surface area contributed by atoms with Crippen molar-refractivity contribution in [1.29, 1.82) is 0 Å². The third-order valence-corrected chi connectivity index (χ3v) is 3.99. The Bertz CT molecular complexity index is 496. The van der Waals surface area contributed by atoms with E-state index in [0.717, 1.165) is 13.0 Å². The summed E-state index contributed by atoms with van der Waals surface area (Å²) < 4.78 is 0. The van der Waals surface area contributed by atoms with Crippen LogP contribution in [0.2, 0.25) is 0 Å². The molecule has 18 heavy (non-hydrogen) atoms. The Balaban J connectivity index is 1.86. The lowest BCUT2D eigenvalue weighted by atomic mass is 9.97. The molecular formula is C16H20N2. The van der Waals surface area contributed by atoms with E-state index in [-0.39, 0.29) is 0 Å². The molecule has 1 N–H and O–H groups in total. The smallest absolute Gasteiger partial charge is 0.0716 e. The number of benzene rings is 1. The number of rotatable bonds is 0. The van der Waals surface area contributed by atoms with E-state index in [1.807, 2.05) is 0 Å². The van der Waals surface area contributed by atoms with Gasteiger partial charge in [0.1, 0.15) is 0 Å². The van der Waals surface area contributed by atoms with Crippen LogP contribution in [0.25, 0.3) is 0 Å². The first-order chi connectivity index (χ1) is 8.84. The Morgan fingerprint density at radius 2 is 2.28 bits per heavy atom. The van der Waals surface area contributed by atoms with Gasteiger partial charge in [0.05, 0.1) is 6.04 Å². The number of fused-ring (bicyclic) bond motifs is 1. The van der Waals surface area contributed by atoms with Crippen molar-refractivity contribution in [2.75, 3.05) is 25.5 Å². The van der Waals surface area contributed by atoms with Gasteiger partial charge in [-0.05, 0) is 57.0 Å². The third-order valence-electron chi connectivity index (χ3n) is 3.99. The van der Waals surface area contributed by atoms with Crippen LogP contribution in [0.4, 0.5) is 5.69 Å². The van der Waals surface area contributed by atoms with E-state index in [0.29, 0.717) is 6.04 Å². The quantitative estimate of drug-likeness (QED) is 0.701. The molecule has 2 nitrogen and oxygen atoms in total. The van der Waals surface area contributed by atoms with E-state index in [1.165, 1.54) is 42.6 Å². The van der Waals surface area contributed by atoms with Gasteiger partial charge in [-0.3, -0.25) is 4.90 Å². The minimum Gasteiger partial charge on any atom is -0.385 e. The van der Waals surface area contributed by atoms with E-state index in [2.05, 4.69) is 47.3 Å². The standard InChI is InChI=1S/C16H20N2/c1-18-12-4-6-14(18)10-9-13-5-2-8-16-15(13)7-3-11-17-16/h2,5,8,14,17H,3-4,6-7,11-12H2,1H3. The fraction of sp³-hybridized carbons (Fsp3) is 0.500. The fourth-order valence-corrected chi connectivity index (χ4v) is 2.88. The first kappa shape index (κ1) is 11.6. The summed E-state index contributed by atoms with van der Waals surface area (Å²) in [4.78, 5) is 2.36. The van der Waals surface area contributed by atoms with Crippen LogP contribution in [0, 0.1) is 11.8 Å². The minimum absolute atomic E-state index is 0.456. The summed E-state index contributed by atoms with van der Waals surface area (Å²) >= 11 is 0. The van der Waals surface area contributed by atoms with Gasteiger partial charge in [-0.25, -0.2) is 0 Å². The van der Waals surface area contributed by atoms with E-state index in [9.17, 15) is 0 Å². The second-order valence-corrected chi connectivity index (χ2v) is 5.27. The van der Waals surface area contributed by atoms with Gasteiger partial charge in [0, 0.05) is 17.8 Å². The van der Waals surface area contributed by atoms with E-state index < -0.39 is 0 Å². The van der Waals surface area contributed by atoms with Crippen LogP contribution in [0.1, 0.15) is 30.4 Å². The summed E-state index contributed by atoms with van der Waals surface area (Å²) in [5, 5.41) is 3.46. The van der Waals surface area contributed by atoms with Crippen molar-refractivity contribution in [2.45, 2.75) is 31.7 Å². The first-order valence-corrected chi connectivity index (χ1v) is 6.92. The Kier molecular flexibility index (Phi) is 3.25. The lowest BCUT2D eigenvalue weighted by Gasteiger charge is -2.19. The molecule has 1 atom stereocenters. The molecule has 2 aliphatic rings. The summed E-state index contributed by atoms with van der Waals surface area (Å²) in [5.41, 5.74) is 3.92. The highest BCUT2D eigenvalue weighted by molar-refractivity contribution is 5.60. The van der Waals surface area contributed by atoms with Gasteiger partial charge < -0.3 is 5.32 Å². The largest absolute Gasteiger partial charge is 0.385 e. The monoisotopic (exact) mass is 240 g/mol. The molecule has 0 amide bonds. The van der Waals surface area contributed by atoms with Crippen LogP contribution in [-0.4, -0.2) is 31.1 Å². The van der Waals surface area contributed by atoms with Gasteiger partial charge >= 0.3 is 0 Å². The molecule has 94 valence electrons. The summed E-state index contributed by atoms with van der Waals surface area (Å²) in [6.07, 6.45) is 4.88. The van der Waals surface area contributed by atoms with Gasteiger partial charge in [0.2, 0.25) is 0 Å². The SMILES string of the molecule is CN1CCCC1C#Cc1cccc2c1CCCN2. The molecule has 3 rings (SSSR count). The van der Waals surface area contributed by atoms with Crippen LogP contribution in [-0.2, 0) is 6.42 Å². The molecule has 0 saturated carbocycles. The highest BCUT2D eigenvalue weighted by atomic mass is 15.1. The number of likely N-dealkylation sites (tertiary alicyclic amines) is 1. The van der Waals surface area contributed by atoms with Crippen molar-refractivity contribution in [3.63, 3.8) is 0 Å². The molecular weight excluding hydrogens is 220 g/mol. The Hall–Kier alpha value is -1.46. The predicted molar refractivity (Wildman–Crippen MR) is 75.8 cm³/mol. The fourth-order valence-electron chi connectivity index (χ4n) is 2.88. The first-order valence-electron chi connectivity index (χ1n) is 6.92. The highest BCUT2D eigenvalue weighted by Crippen LogP contribution is 2.24. The van der Waals surface area contributed by atoms with E-state index in [1.54, 1.807) is 0 Å². The maximum absolute atomic E-state index is 3.46. The second kappa shape index (κ2) is 5.04. The van der Waals surface area contributed by atoms with Crippen LogP contribution in [0.5, 0.6) is 0 Å². The van der Waals surface area contributed by atoms with Crippen molar-refractivity contribution >= 4 is 5.69 Å². The molecule has 0 aromatic heterocycles. The number of anilines is 1. The van der Waals surface area contributed by atoms with Crippen molar-refractivity contribution in [3.05, 3.63) is 29.3 Å². The molecule has 1 fully saturated rings. The molecule has 1 saturated heterocycles. The number of nitrogens with one attached hydrogen (secondary N) is 1. The molecule has 2 heteroatoms. The molecule has 1 unspecified atom stereocenters. The summed E-state index contributed by atoms with van der Waals surface area (Å²) in [5.74, 6) is 6.86. The zero-order chi connectivity index (χ0) is 12.4. The lowest BCUT2D eigenvalue weighted by molar-refractivity contribution is 0.365. The molecule has 1 aromatic rings. The Labute approximate surface area is 109 Å². The lowest BCUT2D eigenvalue weighted by Crippen LogP contribution is -2.22. The molecule has 2 aliphatic heterocycles. The van der Waals surface area contributed by atoms with Crippen LogP contribution < -0.4 is 5.32 Å². The maximum atomic E-state index is 3.46. The van der Waals surface area contributed by atoms with Gasteiger partial charge in [0.25, 0.3) is 0 Å². The average molecular weight is 240 g/mol. The predicted octanol–water partition coefficient (Wildman–Crippen LogP) is 2.49. The third kappa shape index (κ3) is 2.23. The molecule has 0 spiro atoms. The average Bonchev–Trinajstić information content (AvgIpc) is 2.82. The summed E-state index contributed by atoms with van der Waals surface area (Å²) in [6, 6.07) is 6.90. The van der Waals surface area contributed by atoms with Crippen molar-refractivity contribution in [2.24, 2.45) is 0 Å². The normalized spacial score (nSPS) is 22.8. The molecule has 1 aromatic carbocycles. The highest BCUT2D eigenvalue weighted by Gasteiger charge is 2.18. The van der Waals surface area contributed by atoms with Gasteiger partial charge in [-0.1, -0.05) is 17.9 Å². The molecule has 0 aliphatic carbocycles. The van der Waals surface area contributed by atoms with Gasteiger partial charge in [-0.2, -0.15) is 0 Å².